The molecule has 0 spiro atoms. The summed E-state index contributed by atoms with van der Waals surface area (Å²) < 4.78 is 4.40. The molecule has 1 aromatic rings. The molecular formula is C10H9NO4. The maximum atomic E-state index is 10.7. The summed E-state index contributed by atoms with van der Waals surface area (Å²) in [6.07, 6.45) is 2.77. The Hall–Kier alpha value is -2.17. The molecule has 0 heterocycles. The maximum Gasteiger partial charge on any atom is 0.330 e. The normalized spacial score (nSPS) is 10.2. The second-order valence-corrected chi connectivity index (χ2v) is 2.71. The Balaban J connectivity index is 2.77. The highest BCUT2D eigenvalue weighted by Crippen LogP contribution is 2.12. The van der Waals surface area contributed by atoms with Crippen molar-refractivity contribution in [1.82, 2.24) is 0 Å². The van der Waals surface area contributed by atoms with Crippen molar-refractivity contribution in [3.8, 4) is 0 Å². The van der Waals surface area contributed by atoms with Crippen LogP contribution in [-0.4, -0.2) is 18.0 Å². The molecule has 0 atom stereocenters. The number of ether oxygens (including phenoxy) is 1. The van der Waals surface area contributed by atoms with Gasteiger partial charge in [0.15, 0.2) is 0 Å². The summed E-state index contributed by atoms with van der Waals surface area (Å²) in [6.45, 7) is 0. The first kappa shape index (κ1) is 10.9. The maximum absolute atomic E-state index is 10.7. The number of carbonyl (C=O) groups excluding carboxylic acids is 1. The van der Waals surface area contributed by atoms with Gasteiger partial charge < -0.3 is 4.74 Å². The lowest BCUT2D eigenvalue weighted by Crippen LogP contribution is -1.93. The first-order valence-electron chi connectivity index (χ1n) is 4.14. The minimum Gasteiger partial charge on any atom is -0.466 e. The molecule has 0 bridgehead atoms. The summed E-state index contributed by atoms with van der Waals surface area (Å²) in [6, 6.07) is 5.85. The van der Waals surface area contributed by atoms with E-state index >= 15 is 0 Å². The number of benzene rings is 1. The van der Waals surface area contributed by atoms with Crippen LogP contribution in [0.5, 0.6) is 0 Å². The summed E-state index contributed by atoms with van der Waals surface area (Å²) in [7, 11) is 1.28. The zero-order chi connectivity index (χ0) is 11.3. The number of rotatable bonds is 3. The van der Waals surface area contributed by atoms with Gasteiger partial charge in [-0.3, -0.25) is 10.1 Å². The molecule has 1 rings (SSSR count). The van der Waals surface area contributed by atoms with E-state index in [0.29, 0.717) is 5.56 Å². The van der Waals surface area contributed by atoms with Gasteiger partial charge in [0.2, 0.25) is 0 Å². The third-order valence-corrected chi connectivity index (χ3v) is 1.72. The molecule has 78 valence electrons. The van der Waals surface area contributed by atoms with Crippen molar-refractivity contribution in [2.24, 2.45) is 0 Å². The number of hydrogen-bond acceptors (Lipinski definition) is 4. The molecule has 0 aliphatic heterocycles. The van der Waals surface area contributed by atoms with Crippen LogP contribution in [0, 0.1) is 10.1 Å². The van der Waals surface area contributed by atoms with Gasteiger partial charge in [0, 0.05) is 18.2 Å². The summed E-state index contributed by atoms with van der Waals surface area (Å²) in [5.74, 6) is -0.464. The van der Waals surface area contributed by atoms with E-state index in [4.69, 9.17) is 0 Å². The van der Waals surface area contributed by atoms with Crippen LogP contribution in [0.2, 0.25) is 0 Å². The van der Waals surface area contributed by atoms with Crippen LogP contribution in [0.15, 0.2) is 30.3 Å². The fraction of sp³-hybridized carbons (Fsp3) is 0.100. The lowest BCUT2D eigenvalue weighted by Gasteiger charge is -1.93. The minimum atomic E-state index is -0.478. The van der Waals surface area contributed by atoms with Crippen LogP contribution in [0.3, 0.4) is 0 Å². The first-order chi connectivity index (χ1) is 7.13. The number of nitrogens with zero attached hydrogens (tertiary/aromatic N) is 1. The highest BCUT2D eigenvalue weighted by atomic mass is 16.6. The smallest absolute Gasteiger partial charge is 0.330 e. The van der Waals surface area contributed by atoms with Gasteiger partial charge in [0.25, 0.3) is 5.69 Å². The molecule has 15 heavy (non-hydrogen) atoms. The molecule has 0 saturated carbocycles. The van der Waals surface area contributed by atoms with Gasteiger partial charge in [0.05, 0.1) is 12.0 Å². The second-order valence-electron chi connectivity index (χ2n) is 2.71. The van der Waals surface area contributed by atoms with Crippen molar-refractivity contribution in [3.05, 3.63) is 46.0 Å². The van der Waals surface area contributed by atoms with Crippen molar-refractivity contribution in [3.63, 3.8) is 0 Å². The molecule has 1 aromatic carbocycles. The number of carbonyl (C=O) groups is 1. The van der Waals surface area contributed by atoms with Crippen LogP contribution in [0.25, 0.3) is 6.08 Å². The lowest BCUT2D eigenvalue weighted by atomic mass is 10.2. The zero-order valence-electron chi connectivity index (χ0n) is 8.04. The van der Waals surface area contributed by atoms with E-state index in [1.165, 1.54) is 31.4 Å². The second kappa shape index (κ2) is 4.90. The molecule has 0 aliphatic rings. The summed E-state index contributed by atoms with van der Waals surface area (Å²) >= 11 is 0. The van der Waals surface area contributed by atoms with Crippen molar-refractivity contribution in [2.75, 3.05) is 7.11 Å². The van der Waals surface area contributed by atoms with Crippen LogP contribution < -0.4 is 0 Å². The predicted octanol–water partition coefficient (Wildman–Crippen LogP) is 1.78. The van der Waals surface area contributed by atoms with Gasteiger partial charge in [-0.1, -0.05) is 0 Å². The molecular weight excluding hydrogens is 198 g/mol. The van der Waals surface area contributed by atoms with Crippen LogP contribution in [0.1, 0.15) is 5.56 Å². The van der Waals surface area contributed by atoms with E-state index in [-0.39, 0.29) is 5.69 Å². The number of esters is 1. The molecule has 0 unspecified atom stereocenters. The Morgan fingerprint density at radius 3 is 2.47 bits per heavy atom. The largest absolute Gasteiger partial charge is 0.466 e. The van der Waals surface area contributed by atoms with E-state index in [1.807, 2.05) is 0 Å². The fourth-order valence-corrected chi connectivity index (χ4v) is 0.939. The van der Waals surface area contributed by atoms with Crippen molar-refractivity contribution in [2.45, 2.75) is 0 Å². The fourth-order valence-electron chi connectivity index (χ4n) is 0.939. The highest BCUT2D eigenvalue weighted by Gasteiger charge is 2.02. The van der Waals surface area contributed by atoms with Gasteiger partial charge in [0.1, 0.15) is 0 Å². The van der Waals surface area contributed by atoms with E-state index in [2.05, 4.69) is 4.74 Å². The molecule has 0 aliphatic carbocycles. The Labute approximate surface area is 86.1 Å². The average Bonchev–Trinajstić information content (AvgIpc) is 2.26. The molecule has 0 fully saturated rings. The van der Waals surface area contributed by atoms with Crippen molar-refractivity contribution >= 4 is 17.7 Å². The summed E-state index contributed by atoms with van der Waals surface area (Å²) in [5, 5.41) is 10.3. The monoisotopic (exact) mass is 207 g/mol. The standard InChI is InChI=1S/C10H9NO4/c1-15-10(12)7-4-8-2-5-9(6-3-8)11(13)14/h2-7H,1H3/b7-4+. The SMILES string of the molecule is COC(=O)/C=C/c1ccc([N+](=O)[O-])cc1. The predicted molar refractivity (Wildman–Crippen MR) is 54.1 cm³/mol. The lowest BCUT2D eigenvalue weighted by molar-refractivity contribution is -0.384. The Morgan fingerprint density at radius 2 is 2.00 bits per heavy atom. The van der Waals surface area contributed by atoms with Crippen molar-refractivity contribution in [1.29, 1.82) is 0 Å². The number of non-ortho nitro benzene ring substituents is 1. The van der Waals surface area contributed by atoms with Gasteiger partial charge in [-0.25, -0.2) is 4.79 Å². The minimum absolute atomic E-state index is 0.0187. The molecule has 5 heteroatoms. The zero-order valence-corrected chi connectivity index (χ0v) is 8.04. The number of nitro benzene ring substituents is 1. The first-order valence-corrected chi connectivity index (χ1v) is 4.14. The molecule has 5 nitrogen and oxygen atoms in total. The summed E-state index contributed by atoms with van der Waals surface area (Å²) in [5.41, 5.74) is 0.719. The third-order valence-electron chi connectivity index (χ3n) is 1.72. The van der Waals surface area contributed by atoms with Gasteiger partial charge in [-0.2, -0.15) is 0 Å². The quantitative estimate of drug-likeness (QED) is 0.328. The number of nitro groups is 1. The Morgan fingerprint density at radius 1 is 1.40 bits per heavy atom. The number of hydrogen-bond donors (Lipinski definition) is 0. The molecule has 0 saturated heterocycles. The number of methoxy groups -OCH3 is 1. The average molecular weight is 207 g/mol. The van der Waals surface area contributed by atoms with Crippen molar-refractivity contribution < 1.29 is 14.5 Å². The molecule has 0 N–H and O–H groups in total. The van der Waals surface area contributed by atoms with Crippen LogP contribution in [0.4, 0.5) is 5.69 Å². The van der Waals surface area contributed by atoms with Gasteiger partial charge >= 0.3 is 5.97 Å². The topological polar surface area (TPSA) is 69.4 Å². The Bertz CT molecular complexity index is 394. The van der Waals surface area contributed by atoms with E-state index in [9.17, 15) is 14.9 Å². The van der Waals surface area contributed by atoms with E-state index in [1.54, 1.807) is 12.1 Å². The molecule has 0 radical (unpaired) electrons. The van der Waals surface area contributed by atoms with Gasteiger partial charge in [-0.15, -0.1) is 0 Å². The summed E-state index contributed by atoms with van der Waals surface area (Å²) in [4.78, 5) is 20.6. The van der Waals surface area contributed by atoms with E-state index in [0.717, 1.165) is 0 Å². The third kappa shape index (κ3) is 3.22. The van der Waals surface area contributed by atoms with Gasteiger partial charge in [-0.05, 0) is 23.8 Å². The van der Waals surface area contributed by atoms with Crippen LogP contribution in [-0.2, 0) is 9.53 Å². The van der Waals surface area contributed by atoms with E-state index < -0.39 is 10.9 Å². The molecule has 0 amide bonds. The van der Waals surface area contributed by atoms with Crippen LogP contribution >= 0.6 is 0 Å². The highest BCUT2D eigenvalue weighted by molar-refractivity contribution is 5.86. The Kier molecular flexibility index (Phi) is 3.56. The molecule has 0 aromatic heterocycles.